The summed E-state index contributed by atoms with van der Waals surface area (Å²) in [5, 5.41) is 0.876. The van der Waals surface area contributed by atoms with E-state index < -0.39 is 0 Å². The van der Waals surface area contributed by atoms with Crippen LogP contribution in [-0.2, 0) is 0 Å². The number of amides is 1. The number of hydrogen-bond acceptors (Lipinski definition) is 4. The van der Waals surface area contributed by atoms with Crippen LogP contribution in [0.2, 0.25) is 0 Å². The maximum atomic E-state index is 13.6. The largest absolute Gasteiger partial charge is 0.397 e. The van der Waals surface area contributed by atoms with Gasteiger partial charge in [0.2, 0.25) is 0 Å². The Morgan fingerprint density at radius 1 is 0.969 bits per heavy atom. The molecule has 2 aromatic heterocycles. The van der Waals surface area contributed by atoms with Gasteiger partial charge in [-0.05, 0) is 50.3 Å². The Bertz CT molecular complexity index is 1260. The number of hydrogen-bond donors (Lipinski definition) is 1. The maximum absolute atomic E-state index is 13.6. The number of fused-ring (bicyclic) bond motifs is 1. The Balaban J connectivity index is 1.71. The van der Waals surface area contributed by atoms with Crippen LogP contribution in [0.3, 0.4) is 0 Å². The third kappa shape index (κ3) is 3.56. The average Bonchev–Trinajstić information content (AvgIpc) is 3.16. The van der Waals surface area contributed by atoms with Crippen LogP contribution < -0.4 is 5.73 Å². The Labute approximate surface area is 192 Å². The van der Waals surface area contributed by atoms with Crippen molar-refractivity contribution in [3.05, 3.63) is 71.6 Å². The van der Waals surface area contributed by atoms with E-state index in [1.54, 1.807) is 0 Å². The number of piperidine rings is 1. The molecular formula is C27H27N3OS. The van der Waals surface area contributed by atoms with E-state index in [0.717, 1.165) is 51.9 Å². The fourth-order valence-corrected chi connectivity index (χ4v) is 5.88. The molecule has 2 N–H and O–H groups in total. The second-order valence-corrected chi connectivity index (χ2v) is 9.65. The molecule has 1 saturated heterocycles. The number of nitrogens with two attached hydrogens (primary N) is 1. The monoisotopic (exact) mass is 441 g/mol. The van der Waals surface area contributed by atoms with Crippen LogP contribution in [0.15, 0.2) is 66.7 Å². The van der Waals surface area contributed by atoms with E-state index in [4.69, 9.17) is 10.7 Å². The SMILES string of the molecule is C[C@@H]1CCC[C@@H](C)N1C(=O)c1sc2nc(-c3ccccc3)cc(-c3ccccc3)c2c1N. The van der Waals surface area contributed by atoms with Crippen molar-refractivity contribution in [2.24, 2.45) is 0 Å². The van der Waals surface area contributed by atoms with Crippen LogP contribution in [0.1, 0.15) is 42.8 Å². The topological polar surface area (TPSA) is 59.2 Å². The Morgan fingerprint density at radius 2 is 1.56 bits per heavy atom. The Kier molecular flexibility index (Phi) is 5.43. The highest BCUT2D eigenvalue weighted by atomic mass is 32.1. The fraction of sp³-hybridized carbons (Fsp3) is 0.259. The second kappa shape index (κ2) is 8.40. The minimum Gasteiger partial charge on any atom is -0.397 e. The number of pyridine rings is 1. The predicted octanol–water partition coefficient (Wildman–Crippen LogP) is 6.62. The lowest BCUT2D eigenvalue weighted by Gasteiger charge is -2.38. The summed E-state index contributed by atoms with van der Waals surface area (Å²) < 4.78 is 0. The lowest BCUT2D eigenvalue weighted by Crippen LogP contribution is -2.47. The van der Waals surface area contributed by atoms with E-state index >= 15 is 0 Å². The van der Waals surface area contributed by atoms with Crippen molar-refractivity contribution in [1.29, 1.82) is 0 Å². The molecule has 0 unspecified atom stereocenters. The molecule has 1 fully saturated rings. The van der Waals surface area contributed by atoms with Crippen LogP contribution >= 0.6 is 11.3 Å². The van der Waals surface area contributed by atoms with Gasteiger partial charge in [-0.3, -0.25) is 4.79 Å². The predicted molar refractivity (Wildman–Crippen MR) is 134 cm³/mol. The fourth-order valence-electron chi connectivity index (χ4n) is 4.82. The molecule has 4 aromatic rings. The van der Waals surface area contributed by atoms with Crippen molar-refractivity contribution in [3.63, 3.8) is 0 Å². The third-order valence-corrected chi connectivity index (χ3v) is 7.56. The summed E-state index contributed by atoms with van der Waals surface area (Å²) in [6, 6.07) is 22.9. The van der Waals surface area contributed by atoms with Gasteiger partial charge < -0.3 is 10.6 Å². The number of aromatic nitrogens is 1. The van der Waals surface area contributed by atoms with E-state index in [-0.39, 0.29) is 18.0 Å². The summed E-state index contributed by atoms with van der Waals surface area (Å²) >= 11 is 1.42. The molecule has 5 rings (SSSR count). The summed E-state index contributed by atoms with van der Waals surface area (Å²) in [6.07, 6.45) is 3.23. The van der Waals surface area contributed by atoms with Crippen molar-refractivity contribution in [2.75, 3.05) is 5.73 Å². The zero-order chi connectivity index (χ0) is 22.2. The summed E-state index contributed by atoms with van der Waals surface area (Å²) in [4.78, 5) is 22.0. The number of nitrogen functional groups attached to an aromatic ring is 1. The first-order valence-corrected chi connectivity index (χ1v) is 12.0. The van der Waals surface area contributed by atoms with Crippen molar-refractivity contribution < 1.29 is 4.79 Å². The number of benzene rings is 2. The van der Waals surface area contributed by atoms with Gasteiger partial charge in [-0.25, -0.2) is 4.98 Å². The highest BCUT2D eigenvalue weighted by Gasteiger charge is 2.32. The van der Waals surface area contributed by atoms with Gasteiger partial charge in [0.1, 0.15) is 9.71 Å². The molecule has 0 spiro atoms. The first-order valence-electron chi connectivity index (χ1n) is 11.2. The minimum absolute atomic E-state index is 0.0328. The lowest BCUT2D eigenvalue weighted by molar-refractivity contribution is 0.0517. The highest BCUT2D eigenvalue weighted by Crippen LogP contribution is 2.42. The van der Waals surface area contributed by atoms with Gasteiger partial charge in [0.15, 0.2) is 0 Å². The minimum atomic E-state index is 0.0328. The Morgan fingerprint density at radius 3 is 2.19 bits per heavy atom. The molecule has 1 aliphatic rings. The number of thiophene rings is 1. The lowest BCUT2D eigenvalue weighted by atomic mass is 9.96. The molecule has 0 aliphatic carbocycles. The molecule has 0 saturated carbocycles. The number of anilines is 1. The van der Waals surface area contributed by atoms with Crippen LogP contribution in [0, 0.1) is 0 Å². The molecule has 2 atom stereocenters. The van der Waals surface area contributed by atoms with E-state index in [1.807, 2.05) is 41.3 Å². The van der Waals surface area contributed by atoms with Crippen molar-refractivity contribution in [2.45, 2.75) is 45.2 Å². The summed E-state index contributed by atoms with van der Waals surface area (Å²) in [5.74, 6) is 0.0328. The first-order chi connectivity index (χ1) is 15.5. The van der Waals surface area contributed by atoms with Gasteiger partial charge in [0, 0.05) is 23.0 Å². The van der Waals surface area contributed by atoms with Crippen LogP contribution in [0.25, 0.3) is 32.6 Å². The molecular weight excluding hydrogens is 414 g/mol. The molecule has 4 nitrogen and oxygen atoms in total. The normalized spacial score (nSPS) is 18.8. The molecule has 2 aromatic carbocycles. The quantitative estimate of drug-likeness (QED) is 0.389. The summed E-state index contributed by atoms with van der Waals surface area (Å²) in [7, 11) is 0. The molecule has 1 aliphatic heterocycles. The van der Waals surface area contributed by atoms with Gasteiger partial charge in [-0.15, -0.1) is 11.3 Å². The maximum Gasteiger partial charge on any atom is 0.266 e. The Hall–Kier alpha value is -3.18. The molecule has 3 heterocycles. The van der Waals surface area contributed by atoms with Crippen LogP contribution in [0.5, 0.6) is 0 Å². The van der Waals surface area contributed by atoms with E-state index in [2.05, 4.69) is 44.2 Å². The zero-order valence-electron chi connectivity index (χ0n) is 18.4. The number of likely N-dealkylation sites (tertiary alicyclic amines) is 1. The number of nitrogens with zero attached hydrogens (tertiary/aromatic N) is 2. The van der Waals surface area contributed by atoms with Gasteiger partial charge in [-0.1, -0.05) is 60.7 Å². The molecule has 5 heteroatoms. The standard InChI is InChI=1S/C27H27N3OS/c1-17-10-9-11-18(2)30(17)27(31)25-24(28)23-21(19-12-5-3-6-13-19)16-22(29-26(23)32-25)20-14-7-4-8-15-20/h3-8,12-18H,9-11,28H2,1-2H3/t17-,18-/m1/s1. The second-order valence-electron chi connectivity index (χ2n) is 8.65. The summed E-state index contributed by atoms with van der Waals surface area (Å²) in [6.45, 7) is 4.27. The molecule has 1 amide bonds. The van der Waals surface area contributed by atoms with E-state index in [1.165, 1.54) is 11.3 Å². The van der Waals surface area contributed by atoms with Gasteiger partial charge >= 0.3 is 0 Å². The third-order valence-electron chi connectivity index (χ3n) is 6.48. The number of rotatable bonds is 3. The summed E-state index contributed by atoms with van der Waals surface area (Å²) in [5.41, 5.74) is 11.3. The van der Waals surface area contributed by atoms with E-state index in [9.17, 15) is 4.79 Å². The van der Waals surface area contributed by atoms with Gasteiger partial charge in [-0.2, -0.15) is 0 Å². The van der Waals surface area contributed by atoms with Gasteiger partial charge in [0.25, 0.3) is 5.91 Å². The van der Waals surface area contributed by atoms with Crippen LogP contribution in [0.4, 0.5) is 5.69 Å². The van der Waals surface area contributed by atoms with Gasteiger partial charge in [0.05, 0.1) is 11.4 Å². The molecule has 0 bridgehead atoms. The molecule has 0 radical (unpaired) electrons. The number of carbonyl (C=O) groups excluding carboxylic acids is 1. The average molecular weight is 442 g/mol. The highest BCUT2D eigenvalue weighted by molar-refractivity contribution is 7.21. The van der Waals surface area contributed by atoms with Crippen molar-refractivity contribution in [1.82, 2.24) is 9.88 Å². The first kappa shape index (κ1) is 20.7. The van der Waals surface area contributed by atoms with Crippen molar-refractivity contribution in [3.8, 4) is 22.4 Å². The smallest absolute Gasteiger partial charge is 0.266 e. The molecule has 162 valence electrons. The van der Waals surface area contributed by atoms with Crippen molar-refractivity contribution >= 4 is 33.1 Å². The van der Waals surface area contributed by atoms with Crippen LogP contribution in [-0.4, -0.2) is 27.9 Å². The molecule has 32 heavy (non-hydrogen) atoms. The van der Waals surface area contributed by atoms with E-state index in [0.29, 0.717) is 10.6 Å². The number of carbonyl (C=O) groups is 1. The zero-order valence-corrected chi connectivity index (χ0v) is 19.2.